The Morgan fingerprint density at radius 2 is 2.07 bits per heavy atom. The van der Waals surface area contributed by atoms with Crippen LogP contribution in [0.4, 0.5) is 0 Å². The van der Waals surface area contributed by atoms with Gasteiger partial charge in [-0.05, 0) is 12.5 Å². The third-order valence-electron chi connectivity index (χ3n) is 2.31. The monoisotopic (exact) mass is 219 g/mol. The number of rotatable bonds is 3. The van der Waals surface area contributed by atoms with Crippen molar-refractivity contribution in [2.24, 2.45) is 5.84 Å². The Labute approximate surface area is 92.9 Å². The van der Waals surface area contributed by atoms with Gasteiger partial charge in [-0.3, -0.25) is 10.8 Å². The van der Waals surface area contributed by atoms with Crippen LogP contribution in [-0.4, -0.2) is 4.98 Å². The van der Waals surface area contributed by atoms with Gasteiger partial charge in [-0.25, -0.2) is 5.43 Å². The Morgan fingerprint density at radius 1 is 1.33 bits per heavy atom. The predicted molar refractivity (Wildman–Crippen MR) is 62.5 cm³/mol. The van der Waals surface area contributed by atoms with Gasteiger partial charge in [-0.15, -0.1) is 11.3 Å². The molecule has 0 fully saturated rings. The lowest BCUT2D eigenvalue weighted by Gasteiger charge is -2.14. The van der Waals surface area contributed by atoms with Gasteiger partial charge in [-0.2, -0.15) is 0 Å². The number of hydrazine groups is 1. The van der Waals surface area contributed by atoms with Crippen molar-refractivity contribution in [3.63, 3.8) is 0 Å². The number of aryl methyl sites for hydroxylation is 1. The maximum absolute atomic E-state index is 5.56. The maximum atomic E-state index is 5.56. The van der Waals surface area contributed by atoms with Gasteiger partial charge in [0.2, 0.25) is 0 Å². The second-order valence-corrected chi connectivity index (χ2v) is 4.33. The van der Waals surface area contributed by atoms with E-state index in [-0.39, 0.29) is 6.04 Å². The minimum absolute atomic E-state index is 0.0399. The van der Waals surface area contributed by atoms with E-state index in [1.807, 2.05) is 11.7 Å². The molecule has 2 aromatic rings. The number of thiazole rings is 1. The molecule has 0 amide bonds. The van der Waals surface area contributed by atoms with Crippen LogP contribution in [0.25, 0.3) is 0 Å². The highest BCUT2D eigenvalue weighted by Crippen LogP contribution is 2.24. The molecule has 0 radical (unpaired) electrons. The topological polar surface area (TPSA) is 50.9 Å². The summed E-state index contributed by atoms with van der Waals surface area (Å²) in [6, 6.07) is 8.37. The zero-order valence-electron chi connectivity index (χ0n) is 8.47. The molecule has 78 valence electrons. The Balaban J connectivity index is 2.31. The van der Waals surface area contributed by atoms with E-state index in [4.69, 9.17) is 5.84 Å². The molecule has 0 spiro atoms. The molecular weight excluding hydrogens is 206 g/mol. The van der Waals surface area contributed by atoms with E-state index in [0.717, 1.165) is 10.4 Å². The number of benzene rings is 1. The third-order valence-corrected chi connectivity index (χ3v) is 3.15. The fraction of sp³-hybridized carbons (Fsp3) is 0.182. The lowest BCUT2D eigenvalue weighted by atomic mass is 10.1. The zero-order chi connectivity index (χ0) is 10.7. The Kier molecular flexibility index (Phi) is 3.11. The first kappa shape index (κ1) is 10.3. The molecule has 0 aliphatic carbocycles. The molecule has 3 nitrogen and oxygen atoms in total. The van der Waals surface area contributed by atoms with Crippen molar-refractivity contribution in [1.82, 2.24) is 10.4 Å². The number of aromatic nitrogens is 1. The predicted octanol–water partition coefficient (Wildman–Crippen LogP) is 2.00. The highest BCUT2D eigenvalue weighted by Gasteiger charge is 2.13. The van der Waals surface area contributed by atoms with Gasteiger partial charge < -0.3 is 0 Å². The van der Waals surface area contributed by atoms with Crippen LogP contribution in [0.15, 0.2) is 36.0 Å². The van der Waals surface area contributed by atoms with Crippen molar-refractivity contribution in [1.29, 1.82) is 0 Å². The summed E-state index contributed by atoms with van der Waals surface area (Å²) >= 11 is 1.60. The van der Waals surface area contributed by atoms with Crippen LogP contribution in [0.2, 0.25) is 0 Å². The summed E-state index contributed by atoms with van der Waals surface area (Å²) in [5.41, 5.74) is 7.03. The highest BCUT2D eigenvalue weighted by molar-refractivity contribution is 7.09. The van der Waals surface area contributed by atoms with E-state index in [0.29, 0.717) is 0 Å². The molecule has 2 rings (SSSR count). The smallest absolute Gasteiger partial charge is 0.0818 e. The van der Waals surface area contributed by atoms with Gasteiger partial charge in [0.15, 0.2) is 0 Å². The fourth-order valence-electron chi connectivity index (χ4n) is 1.47. The van der Waals surface area contributed by atoms with Crippen LogP contribution in [0, 0.1) is 6.92 Å². The summed E-state index contributed by atoms with van der Waals surface area (Å²) in [5.74, 6) is 5.56. The minimum atomic E-state index is 0.0399. The van der Waals surface area contributed by atoms with E-state index in [1.165, 1.54) is 5.56 Å². The molecule has 1 atom stereocenters. The van der Waals surface area contributed by atoms with Gasteiger partial charge in [0.25, 0.3) is 0 Å². The molecule has 15 heavy (non-hydrogen) atoms. The first-order chi connectivity index (χ1) is 7.31. The fourth-order valence-corrected chi connectivity index (χ4v) is 2.18. The van der Waals surface area contributed by atoms with Crippen molar-refractivity contribution in [2.45, 2.75) is 13.0 Å². The largest absolute Gasteiger partial charge is 0.271 e. The van der Waals surface area contributed by atoms with Crippen LogP contribution < -0.4 is 11.3 Å². The average Bonchev–Trinajstić information content (AvgIpc) is 2.75. The number of nitrogens with one attached hydrogen (secondary N) is 1. The molecule has 1 aromatic carbocycles. The summed E-state index contributed by atoms with van der Waals surface area (Å²) in [4.78, 5) is 5.18. The van der Waals surface area contributed by atoms with Crippen LogP contribution in [0.5, 0.6) is 0 Å². The van der Waals surface area contributed by atoms with Crippen molar-refractivity contribution in [2.75, 3.05) is 0 Å². The van der Waals surface area contributed by atoms with E-state index in [1.54, 1.807) is 11.3 Å². The summed E-state index contributed by atoms with van der Waals surface area (Å²) in [5, 5.41) is 0. The SMILES string of the molecule is Cc1ccc(C(NN)c2cncs2)cc1. The number of nitrogens with two attached hydrogens (primary N) is 1. The minimum Gasteiger partial charge on any atom is -0.271 e. The van der Waals surface area contributed by atoms with E-state index in [9.17, 15) is 0 Å². The molecule has 4 heteroatoms. The molecule has 0 aliphatic heterocycles. The molecule has 1 heterocycles. The standard InChI is InChI=1S/C11H13N3S/c1-8-2-4-9(5-3-8)11(14-12)10-6-13-7-15-10/h2-7,11,14H,12H2,1H3. The second kappa shape index (κ2) is 4.53. The Morgan fingerprint density at radius 3 is 2.60 bits per heavy atom. The van der Waals surface area contributed by atoms with Crippen LogP contribution in [-0.2, 0) is 0 Å². The normalized spacial score (nSPS) is 12.7. The molecule has 0 aliphatic rings. The zero-order valence-corrected chi connectivity index (χ0v) is 9.29. The molecule has 0 bridgehead atoms. The van der Waals surface area contributed by atoms with E-state index < -0.39 is 0 Å². The summed E-state index contributed by atoms with van der Waals surface area (Å²) in [6.45, 7) is 2.07. The number of hydrogen-bond donors (Lipinski definition) is 2. The van der Waals surface area contributed by atoms with Gasteiger partial charge in [-0.1, -0.05) is 29.8 Å². The van der Waals surface area contributed by atoms with Crippen LogP contribution in [0.3, 0.4) is 0 Å². The quantitative estimate of drug-likeness (QED) is 0.613. The van der Waals surface area contributed by atoms with Crippen LogP contribution >= 0.6 is 11.3 Å². The molecular formula is C11H13N3S. The summed E-state index contributed by atoms with van der Waals surface area (Å²) in [6.07, 6.45) is 1.84. The lowest BCUT2D eigenvalue weighted by Crippen LogP contribution is -2.28. The molecule has 0 saturated heterocycles. The lowest BCUT2D eigenvalue weighted by molar-refractivity contribution is 0.645. The van der Waals surface area contributed by atoms with Crippen molar-refractivity contribution < 1.29 is 0 Å². The van der Waals surface area contributed by atoms with Gasteiger partial charge in [0.05, 0.1) is 11.6 Å². The Hall–Kier alpha value is -1.23. The average molecular weight is 219 g/mol. The summed E-state index contributed by atoms with van der Waals surface area (Å²) < 4.78 is 0. The van der Waals surface area contributed by atoms with Gasteiger partial charge in [0, 0.05) is 11.1 Å². The molecule has 1 unspecified atom stereocenters. The highest BCUT2D eigenvalue weighted by atomic mass is 32.1. The first-order valence-electron chi connectivity index (χ1n) is 4.72. The third kappa shape index (κ3) is 2.23. The molecule has 3 N–H and O–H groups in total. The van der Waals surface area contributed by atoms with E-state index >= 15 is 0 Å². The van der Waals surface area contributed by atoms with Crippen molar-refractivity contribution in [3.05, 3.63) is 52.0 Å². The summed E-state index contributed by atoms with van der Waals surface area (Å²) in [7, 11) is 0. The first-order valence-corrected chi connectivity index (χ1v) is 5.60. The number of hydrogen-bond acceptors (Lipinski definition) is 4. The second-order valence-electron chi connectivity index (χ2n) is 3.41. The van der Waals surface area contributed by atoms with Crippen molar-refractivity contribution >= 4 is 11.3 Å². The number of nitrogens with zero attached hydrogens (tertiary/aromatic N) is 1. The van der Waals surface area contributed by atoms with Gasteiger partial charge in [0.1, 0.15) is 0 Å². The van der Waals surface area contributed by atoms with Crippen molar-refractivity contribution in [3.8, 4) is 0 Å². The Bertz CT molecular complexity index is 408. The van der Waals surface area contributed by atoms with Crippen LogP contribution in [0.1, 0.15) is 22.0 Å². The van der Waals surface area contributed by atoms with E-state index in [2.05, 4.69) is 41.6 Å². The van der Waals surface area contributed by atoms with Gasteiger partial charge >= 0.3 is 0 Å². The molecule has 1 aromatic heterocycles. The molecule has 0 saturated carbocycles. The maximum Gasteiger partial charge on any atom is 0.0818 e.